The minimum absolute atomic E-state index is 0.0426. The zero-order valence-corrected chi connectivity index (χ0v) is 16.1. The van der Waals surface area contributed by atoms with E-state index < -0.39 is 28.6 Å². The van der Waals surface area contributed by atoms with Crippen LogP contribution >= 0.6 is 11.3 Å². The van der Waals surface area contributed by atoms with Crippen LogP contribution in [0.5, 0.6) is 5.75 Å². The minimum Gasteiger partial charge on any atom is -0.503 e. The number of fused-ring (bicyclic) bond motifs is 1. The molecule has 150 valence electrons. The van der Waals surface area contributed by atoms with E-state index in [1.807, 2.05) is 0 Å². The molecule has 0 aliphatic heterocycles. The van der Waals surface area contributed by atoms with E-state index in [9.17, 15) is 23.5 Å². The Morgan fingerprint density at radius 1 is 1.17 bits per heavy atom. The molecule has 0 unspecified atom stereocenters. The largest absolute Gasteiger partial charge is 0.503 e. The van der Waals surface area contributed by atoms with Crippen molar-refractivity contribution in [2.75, 3.05) is 0 Å². The molecule has 0 saturated heterocycles. The summed E-state index contributed by atoms with van der Waals surface area (Å²) in [7, 11) is 1.65. The van der Waals surface area contributed by atoms with Crippen molar-refractivity contribution in [1.82, 2.24) is 28.9 Å². The van der Waals surface area contributed by atoms with Crippen molar-refractivity contribution in [2.45, 2.75) is 20.0 Å². The molecule has 3 aromatic heterocycles. The minimum atomic E-state index is -1.14. The summed E-state index contributed by atoms with van der Waals surface area (Å²) in [4.78, 5) is 29.4. The highest BCUT2D eigenvalue weighted by Crippen LogP contribution is 2.32. The van der Waals surface area contributed by atoms with Crippen LogP contribution in [0.25, 0.3) is 21.7 Å². The van der Waals surface area contributed by atoms with Crippen molar-refractivity contribution in [3.05, 3.63) is 55.9 Å². The summed E-state index contributed by atoms with van der Waals surface area (Å²) in [5, 5.41) is 17.7. The lowest BCUT2D eigenvalue weighted by molar-refractivity contribution is 0.397. The van der Waals surface area contributed by atoms with Crippen LogP contribution in [0, 0.1) is 11.6 Å². The van der Waals surface area contributed by atoms with Crippen molar-refractivity contribution in [2.24, 2.45) is 7.05 Å². The van der Waals surface area contributed by atoms with Gasteiger partial charge in [0.2, 0.25) is 0 Å². The molecule has 1 aromatic carbocycles. The van der Waals surface area contributed by atoms with Crippen LogP contribution in [0.4, 0.5) is 8.78 Å². The van der Waals surface area contributed by atoms with Crippen molar-refractivity contribution >= 4 is 22.5 Å². The summed E-state index contributed by atoms with van der Waals surface area (Å²) in [6.45, 7) is 1.82. The van der Waals surface area contributed by atoms with Gasteiger partial charge in [0, 0.05) is 13.6 Å². The first-order chi connectivity index (χ1) is 13.8. The maximum absolute atomic E-state index is 14.1. The highest BCUT2D eigenvalue weighted by Gasteiger charge is 2.20. The molecule has 3 heterocycles. The Bertz CT molecular complexity index is 1370. The third kappa shape index (κ3) is 2.92. The number of hydrogen-bond donors (Lipinski definition) is 1. The summed E-state index contributed by atoms with van der Waals surface area (Å²) in [5.41, 5.74) is -0.627. The standard InChI is InChI=1S/C17H14F2N6O3S/c1-3-24-16(27)12-14(20-7-23(12)2)25(17(24)28)6-10-21-22-15(29-10)8-4-5-9(18)13(26)11(8)19/h4-5,7,26H,3,6H2,1-2H3. The van der Waals surface area contributed by atoms with Crippen LogP contribution in [0.2, 0.25) is 0 Å². The first-order valence-electron chi connectivity index (χ1n) is 8.47. The van der Waals surface area contributed by atoms with Gasteiger partial charge in [0.25, 0.3) is 5.56 Å². The highest BCUT2D eigenvalue weighted by molar-refractivity contribution is 7.14. The normalized spacial score (nSPS) is 11.4. The second-order valence-electron chi connectivity index (χ2n) is 6.20. The zero-order chi connectivity index (χ0) is 20.9. The highest BCUT2D eigenvalue weighted by atomic mass is 32.1. The van der Waals surface area contributed by atoms with Gasteiger partial charge < -0.3 is 9.67 Å². The number of rotatable bonds is 4. The van der Waals surface area contributed by atoms with Gasteiger partial charge in [-0.15, -0.1) is 10.2 Å². The number of benzene rings is 1. The molecule has 4 rings (SSSR count). The van der Waals surface area contributed by atoms with E-state index in [0.29, 0.717) is 5.01 Å². The molecule has 0 fully saturated rings. The van der Waals surface area contributed by atoms with Gasteiger partial charge in [0.15, 0.2) is 33.6 Å². The van der Waals surface area contributed by atoms with Crippen molar-refractivity contribution in [1.29, 1.82) is 0 Å². The van der Waals surface area contributed by atoms with Crippen LogP contribution in [0.15, 0.2) is 28.0 Å². The third-order valence-electron chi connectivity index (χ3n) is 4.46. The molecular weight excluding hydrogens is 406 g/mol. The zero-order valence-electron chi connectivity index (χ0n) is 15.3. The van der Waals surface area contributed by atoms with E-state index in [1.54, 1.807) is 14.0 Å². The third-order valence-corrected chi connectivity index (χ3v) is 5.40. The van der Waals surface area contributed by atoms with Crippen LogP contribution in [-0.4, -0.2) is 34.0 Å². The SMILES string of the molecule is CCn1c(=O)c2c(ncn2C)n(Cc2nnc(-c3ccc(F)c(O)c3F)s2)c1=O. The Morgan fingerprint density at radius 2 is 1.93 bits per heavy atom. The fourth-order valence-corrected chi connectivity index (χ4v) is 3.85. The van der Waals surface area contributed by atoms with Gasteiger partial charge in [0.05, 0.1) is 18.4 Å². The van der Waals surface area contributed by atoms with E-state index in [-0.39, 0.29) is 34.8 Å². The van der Waals surface area contributed by atoms with E-state index in [1.165, 1.54) is 15.5 Å². The van der Waals surface area contributed by atoms with Gasteiger partial charge in [-0.05, 0) is 19.1 Å². The lowest BCUT2D eigenvalue weighted by Crippen LogP contribution is -2.40. The molecule has 9 nitrogen and oxygen atoms in total. The predicted octanol–water partition coefficient (Wildman–Crippen LogP) is 1.47. The summed E-state index contributed by atoms with van der Waals surface area (Å²) in [5.74, 6) is -3.32. The fourth-order valence-electron chi connectivity index (χ4n) is 3.00. The second-order valence-corrected chi connectivity index (χ2v) is 7.27. The van der Waals surface area contributed by atoms with Crippen LogP contribution in [-0.2, 0) is 20.1 Å². The number of aryl methyl sites for hydroxylation is 1. The van der Waals surface area contributed by atoms with Gasteiger partial charge >= 0.3 is 5.69 Å². The monoisotopic (exact) mass is 420 g/mol. The number of aromatic hydroxyl groups is 1. The second kappa shape index (κ2) is 6.88. The first kappa shape index (κ1) is 18.9. The molecule has 0 saturated carbocycles. The molecule has 0 bridgehead atoms. The quantitative estimate of drug-likeness (QED) is 0.536. The van der Waals surface area contributed by atoms with Gasteiger partial charge in [-0.2, -0.15) is 0 Å². The fraction of sp³-hybridized carbons (Fsp3) is 0.235. The number of aromatic nitrogens is 6. The smallest absolute Gasteiger partial charge is 0.333 e. The Morgan fingerprint density at radius 3 is 2.66 bits per heavy atom. The number of imidazole rings is 1. The van der Waals surface area contributed by atoms with Crippen molar-refractivity contribution in [3.63, 3.8) is 0 Å². The molecule has 4 aromatic rings. The molecule has 0 aliphatic rings. The number of hydrogen-bond acceptors (Lipinski definition) is 7. The van der Waals surface area contributed by atoms with E-state index in [4.69, 9.17) is 0 Å². The number of halogens is 2. The topological polar surface area (TPSA) is 108 Å². The Balaban J connectivity index is 1.81. The van der Waals surface area contributed by atoms with E-state index in [2.05, 4.69) is 15.2 Å². The predicted molar refractivity (Wildman–Crippen MR) is 101 cm³/mol. The van der Waals surface area contributed by atoms with Crippen LogP contribution in [0.1, 0.15) is 11.9 Å². The average molecular weight is 420 g/mol. The lowest BCUT2D eigenvalue weighted by atomic mass is 10.2. The lowest BCUT2D eigenvalue weighted by Gasteiger charge is -2.09. The molecule has 1 N–H and O–H groups in total. The maximum Gasteiger partial charge on any atom is 0.333 e. The van der Waals surface area contributed by atoms with Crippen LogP contribution in [0.3, 0.4) is 0 Å². The summed E-state index contributed by atoms with van der Waals surface area (Å²) in [6, 6.07) is 2.07. The van der Waals surface area contributed by atoms with Crippen molar-refractivity contribution < 1.29 is 13.9 Å². The van der Waals surface area contributed by atoms with E-state index in [0.717, 1.165) is 28.0 Å². The summed E-state index contributed by atoms with van der Waals surface area (Å²) < 4.78 is 31.3. The first-order valence-corrected chi connectivity index (χ1v) is 9.29. The van der Waals surface area contributed by atoms with Gasteiger partial charge in [0.1, 0.15) is 5.01 Å². The Labute approximate surface area is 165 Å². The molecule has 12 heteroatoms. The number of phenols is 1. The van der Waals surface area contributed by atoms with Gasteiger partial charge in [-0.3, -0.25) is 13.9 Å². The van der Waals surface area contributed by atoms with Crippen LogP contribution < -0.4 is 11.2 Å². The molecule has 29 heavy (non-hydrogen) atoms. The maximum atomic E-state index is 14.1. The number of nitrogens with zero attached hydrogens (tertiary/aromatic N) is 6. The molecule has 0 aliphatic carbocycles. The molecule has 0 radical (unpaired) electrons. The molecule has 0 spiro atoms. The van der Waals surface area contributed by atoms with Crippen molar-refractivity contribution in [3.8, 4) is 16.3 Å². The van der Waals surface area contributed by atoms with Gasteiger partial charge in [-0.1, -0.05) is 11.3 Å². The average Bonchev–Trinajstić information content (AvgIpc) is 3.30. The molecular formula is C17H14F2N6O3S. The Hall–Kier alpha value is -3.41. The number of phenolic OH excluding ortho intramolecular Hbond substituents is 1. The van der Waals surface area contributed by atoms with E-state index >= 15 is 0 Å². The molecule has 0 atom stereocenters. The van der Waals surface area contributed by atoms with Gasteiger partial charge in [-0.25, -0.2) is 18.6 Å². The Kier molecular flexibility index (Phi) is 4.49. The molecule has 0 amide bonds. The summed E-state index contributed by atoms with van der Waals surface area (Å²) >= 11 is 0.974. The summed E-state index contributed by atoms with van der Waals surface area (Å²) in [6.07, 6.45) is 1.43.